The zero-order valence-electron chi connectivity index (χ0n) is 13.4. The van der Waals surface area contributed by atoms with Crippen LogP contribution in [0.1, 0.15) is 17.5 Å². The summed E-state index contributed by atoms with van der Waals surface area (Å²) < 4.78 is 5.30. The number of anilines is 1. The van der Waals surface area contributed by atoms with E-state index >= 15 is 0 Å². The third kappa shape index (κ3) is 3.54. The molecule has 0 unspecified atom stereocenters. The smallest absolute Gasteiger partial charge is 0.240 e. The van der Waals surface area contributed by atoms with E-state index in [0.717, 1.165) is 5.69 Å². The normalized spacial score (nSPS) is 15.1. The Morgan fingerprint density at radius 2 is 2.12 bits per heavy atom. The van der Waals surface area contributed by atoms with Crippen molar-refractivity contribution >= 4 is 22.4 Å². The van der Waals surface area contributed by atoms with Crippen molar-refractivity contribution in [3.8, 4) is 11.6 Å². The predicted octanol–water partition coefficient (Wildman–Crippen LogP) is 1.33. The first-order chi connectivity index (χ1) is 12.2. The number of carbonyl (C=O) groups excluding carboxylic acids is 1. The van der Waals surface area contributed by atoms with Crippen molar-refractivity contribution in [2.75, 3.05) is 25.0 Å². The minimum Gasteiger partial charge on any atom is -0.338 e. The van der Waals surface area contributed by atoms with E-state index in [4.69, 9.17) is 4.52 Å². The summed E-state index contributed by atoms with van der Waals surface area (Å²) in [4.78, 5) is 30.8. The van der Waals surface area contributed by atoms with Crippen molar-refractivity contribution in [3.63, 3.8) is 0 Å². The Balaban J connectivity index is 1.29. The maximum absolute atomic E-state index is 12.0. The minimum absolute atomic E-state index is 0.0725. The Hall–Kier alpha value is -2.72. The Bertz CT molecular complexity index is 873. The molecule has 128 valence electrons. The summed E-state index contributed by atoms with van der Waals surface area (Å²) in [5.74, 6) is 1.42. The predicted molar refractivity (Wildman–Crippen MR) is 90.0 cm³/mol. The first-order valence-electron chi connectivity index (χ1n) is 7.73. The Morgan fingerprint density at radius 1 is 1.32 bits per heavy atom. The molecule has 1 fully saturated rings. The van der Waals surface area contributed by atoms with Gasteiger partial charge in [-0.1, -0.05) is 5.16 Å². The van der Waals surface area contributed by atoms with Gasteiger partial charge in [-0.3, -0.25) is 9.69 Å². The van der Waals surface area contributed by atoms with Gasteiger partial charge >= 0.3 is 0 Å². The maximum Gasteiger partial charge on any atom is 0.240 e. The number of rotatable bonds is 5. The van der Waals surface area contributed by atoms with Gasteiger partial charge in [0.2, 0.25) is 23.4 Å². The van der Waals surface area contributed by atoms with Gasteiger partial charge in [-0.2, -0.15) is 4.98 Å². The van der Waals surface area contributed by atoms with Crippen molar-refractivity contribution in [2.24, 2.45) is 0 Å². The van der Waals surface area contributed by atoms with Gasteiger partial charge in [0.15, 0.2) is 5.13 Å². The lowest BCUT2D eigenvalue weighted by molar-refractivity contribution is -0.118. The zero-order chi connectivity index (χ0) is 17.2. The van der Waals surface area contributed by atoms with Crippen LogP contribution < -0.4 is 5.32 Å². The SMILES string of the molecule is Cc1csc(NC(=O)CN2CC(c3nc(-c4ncccn4)no3)C2)n1. The molecular weight excluding hydrogens is 342 g/mol. The molecule has 10 heteroatoms. The van der Waals surface area contributed by atoms with Crippen LogP contribution in [0.3, 0.4) is 0 Å². The summed E-state index contributed by atoms with van der Waals surface area (Å²) >= 11 is 1.42. The van der Waals surface area contributed by atoms with Crippen LogP contribution in [0, 0.1) is 6.92 Å². The second kappa shape index (κ2) is 6.65. The fraction of sp³-hybridized carbons (Fsp3) is 0.333. The molecule has 4 heterocycles. The standard InChI is InChI=1S/C15H15N7O2S/c1-9-8-25-15(18-9)19-11(23)7-22-5-10(6-22)14-20-13(21-24-14)12-16-3-2-4-17-12/h2-4,8,10H,5-7H2,1H3,(H,18,19,23). The molecule has 0 aromatic carbocycles. The van der Waals surface area contributed by atoms with Crippen LogP contribution in [0.4, 0.5) is 5.13 Å². The van der Waals surface area contributed by atoms with Crippen molar-refractivity contribution in [1.82, 2.24) is 30.0 Å². The van der Waals surface area contributed by atoms with Crippen LogP contribution in [-0.4, -0.2) is 55.5 Å². The molecule has 25 heavy (non-hydrogen) atoms. The van der Waals surface area contributed by atoms with Crippen LogP contribution in [-0.2, 0) is 4.79 Å². The van der Waals surface area contributed by atoms with Gasteiger partial charge in [0, 0.05) is 30.9 Å². The molecule has 1 N–H and O–H groups in total. The lowest BCUT2D eigenvalue weighted by atomic mass is 10.0. The van der Waals surface area contributed by atoms with Crippen molar-refractivity contribution < 1.29 is 9.32 Å². The number of likely N-dealkylation sites (tertiary alicyclic amines) is 1. The molecule has 1 amide bonds. The highest BCUT2D eigenvalue weighted by Gasteiger charge is 2.33. The summed E-state index contributed by atoms with van der Waals surface area (Å²) in [5.41, 5.74) is 0.902. The van der Waals surface area contributed by atoms with Gasteiger partial charge in [-0.25, -0.2) is 15.0 Å². The summed E-state index contributed by atoms with van der Waals surface area (Å²) in [6.07, 6.45) is 3.26. The number of aromatic nitrogens is 5. The molecule has 3 aromatic heterocycles. The van der Waals surface area contributed by atoms with Gasteiger partial charge < -0.3 is 9.84 Å². The highest BCUT2D eigenvalue weighted by atomic mass is 32.1. The average Bonchev–Trinajstić information content (AvgIpc) is 3.21. The molecule has 4 rings (SSSR count). The third-order valence-corrected chi connectivity index (χ3v) is 4.62. The lowest BCUT2D eigenvalue weighted by Crippen LogP contribution is -2.48. The number of nitrogens with one attached hydrogen (secondary N) is 1. The first-order valence-corrected chi connectivity index (χ1v) is 8.60. The minimum atomic E-state index is -0.0725. The van der Waals surface area contributed by atoms with Crippen molar-refractivity contribution in [2.45, 2.75) is 12.8 Å². The molecule has 0 radical (unpaired) electrons. The van der Waals surface area contributed by atoms with E-state index in [1.165, 1.54) is 11.3 Å². The molecule has 0 saturated carbocycles. The van der Waals surface area contributed by atoms with E-state index in [1.54, 1.807) is 18.5 Å². The van der Waals surface area contributed by atoms with E-state index < -0.39 is 0 Å². The maximum atomic E-state index is 12.0. The molecule has 3 aromatic rings. The number of hydrogen-bond donors (Lipinski definition) is 1. The number of nitrogens with zero attached hydrogens (tertiary/aromatic N) is 6. The quantitative estimate of drug-likeness (QED) is 0.728. The number of amides is 1. The Morgan fingerprint density at radius 3 is 2.84 bits per heavy atom. The fourth-order valence-corrected chi connectivity index (χ4v) is 3.24. The molecule has 0 aliphatic carbocycles. The molecule has 1 aliphatic heterocycles. The highest BCUT2D eigenvalue weighted by molar-refractivity contribution is 7.13. The number of aryl methyl sites for hydroxylation is 1. The van der Waals surface area contributed by atoms with E-state index in [9.17, 15) is 4.79 Å². The van der Waals surface area contributed by atoms with E-state index in [-0.39, 0.29) is 11.8 Å². The van der Waals surface area contributed by atoms with Gasteiger partial charge in [-0.15, -0.1) is 11.3 Å². The number of hydrogen-bond acceptors (Lipinski definition) is 9. The van der Waals surface area contributed by atoms with E-state index in [1.807, 2.05) is 17.2 Å². The van der Waals surface area contributed by atoms with Gasteiger partial charge in [0.25, 0.3) is 0 Å². The van der Waals surface area contributed by atoms with Crippen LogP contribution >= 0.6 is 11.3 Å². The van der Waals surface area contributed by atoms with Crippen molar-refractivity contribution in [1.29, 1.82) is 0 Å². The number of thiazole rings is 1. The topological polar surface area (TPSA) is 110 Å². The van der Waals surface area contributed by atoms with Gasteiger partial charge in [0.1, 0.15) is 0 Å². The number of carbonyl (C=O) groups is 1. The van der Waals surface area contributed by atoms with Crippen LogP contribution in [0.25, 0.3) is 11.6 Å². The van der Waals surface area contributed by atoms with Gasteiger partial charge in [-0.05, 0) is 13.0 Å². The Kier molecular flexibility index (Phi) is 4.20. The molecule has 1 saturated heterocycles. The lowest BCUT2D eigenvalue weighted by Gasteiger charge is -2.36. The molecule has 0 bridgehead atoms. The third-order valence-electron chi connectivity index (χ3n) is 3.75. The van der Waals surface area contributed by atoms with E-state index in [2.05, 4.69) is 30.4 Å². The summed E-state index contributed by atoms with van der Waals surface area (Å²) in [7, 11) is 0. The largest absolute Gasteiger partial charge is 0.338 e. The van der Waals surface area contributed by atoms with E-state index in [0.29, 0.717) is 42.3 Å². The molecule has 0 atom stereocenters. The Labute approximate surface area is 147 Å². The first kappa shape index (κ1) is 15.8. The van der Waals surface area contributed by atoms with Crippen molar-refractivity contribution in [3.05, 3.63) is 35.4 Å². The second-order valence-corrected chi connectivity index (χ2v) is 6.62. The molecule has 1 aliphatic rings. The summed E-state index contributed by atoms with van der Waals surface area (Å²) in [6, 6.07) is 1.73. The van der Waals surface area contributed by atoms with Crippen LogP contribution in [0.2, 0.25) is 0 Å². The molecular formula is C15H15N7O2S. The fourth-order valence-electron chi connectivity index (χ4n) is 2.53. The average molecular weight is 357 g/mol. The monoisotopic (exact) mass is 357 g/mol. The second-order valence-electron chi connectivity index (χ2n) is 5.76. The van der Waals surface area contributed by atoms with Crippen LogP contribution in [0.15, 0.2) is 28.4 Å². The summed E-state index contributed by atoms with van der Waals surface area (Å²) in [6.45, 7) is 3.60. The molecule has 0 spiro atoms. The zero-order valence-corrected chi connectivity index (χ0v) is 14.2. The van der Waals surface area contributed by atoms with Crippen LogP contribution in [0.5, 0.6) is 0 Å². The molecule has 9 nitrogen and oxygen atoms in total. The summed E-state index contributed by atoms with van der Waals surface area (Å²) in [5, 5.41) is 9.25. The van der Waals surface area contributed by atoms with Gasteiger partial charge in [0.05, 0.1) is 18.2 Å². The highest BCUT2D eigenvalue weighted by Crippen LogP contribution is 2.26.